The van der Waals surface area contributed by atoms with E-state index in [9.17, 15) is 4.79 Å². The molecule has 1 aromatic carbocycles. The maximum atomic E-state index is 13.1. The number of hydrogen-bond donors (Lipinski definition) is 0. The number of rotatable bonds is 5. The molecule has 1 saturated heterocycles. The van der Waals surface area contributed by atoms with Crippen LogP contribution in [0.3, 0.4) is 0 Å². The number of ether oxygens (including phenoxy) is 1. The first-order valence-corrected chi connectivity index (χ1v) is 10.1. The van der Waals surface area contributed by atoms with Crippen LogP contribution in [0.2, 0.25) is 0 Å². The summed E-state index contributed by atoms with van der Waals surface area (Å²) in [5, 5.41) is 0.835. The minimum absolute atomic E-state index is 0.0906. The SMILES string of the molecule is Cc1nc(-n2cccc2)sc1C(=O)N1CCCC(COc2ccccc2)C1. The van der Waals surface area contributed by atoms with Crippen molar-refractivity contribution >= 4 is 17.2 Å². The molecule has 0 N–H and O–H groups in total. The van der Waals surface area contributed by atoms with Gasteiger partial charge in [0, 0.05) is 31.4 Å². The van der Waals surface area contributed by atoms with Crippen molar-refractivity contribution < 1.29 is 9.53 Å². The third-order valence-corrected chi connectivity index (χ3v) is 6.00. The maximum Gasteiger partial charge on any atom is 0.265 e. The van der Waals surface area contributed by atoms with E-state index in [-0.39, 0.29) is 5.91 Å². The van der Waals surface area contributed by atoms with Crippen molar-refractivity contribution in [1.82, 2.24) is 14.5 Å². The number of amides is 1. The summed E-state index contributed by atoms with van der Waals surface area (Å²) in [4.78, 5) is 20.3. The lowest BCUT2D eigenvalue weighted by atomic mass is 9.98. The highest BCUT2D eigenvalue weighted by Gasteiger charge is 2.27. The summed E-state index contributed by atoms with van der Waals surface area (Å²) in [5.41, 5.74) is 0.802. The topological polar surface area (TPSA) is 47.4 Å². The molecule has 1 unspecified atom stereocenters. The summed E-state index contributed by atoms with van der Waals surface area (Å²) in [6, 6.07) is 13.8. The number of carbonyl (C=O) groups is 1. The number of aryl methyl sites for hydroxylation is 1. The Kier molecular flexibility index (Phi) is 5.25. The zero-order valence-electron chi connectivity index (χ0n) is 15.4. The van der Waals surface area contributed by atoms with Crippen molar-refractivity contribution in [3.8, 4) is 10.9 Å². The molecule has 1 aliphatic rings. The second-order valence-corrected chi connectivity index (χ2v) is 7.86. The molecule has 5 nitrogen and oxygen atoms in total. The number of hydrogen-bond acceptors (Lipinski definition) is 4. The monoisotopic (exact) mass is 381 g/mol. The van der Waals surface area contributed by atoms with Crippen LogP contribution >= 0.6 is 11.3 Å². The predicted molar refractivity (Wildman–Crippen MR) is 107 cm³/mol. The van der Waals surface area contributed by atoms with Crippen LogP contribution < -0.4 is 4.74 Å². The van der Waals surface area contributed by atoms with Gasteiger partial charge in [0.05, 0.1) is 12.3 Å². The van der Waals surface area contributed by atoms with Crippen molar-refractivity contribution in [3.05, 3.63) is 65.4 Å². The van der Waals surface area contributed by atoms with Crippen molar-refractivity contribution in [2.45, 2.75) is 19.8 Å². The van der Waals surface area contributed by atoms with Crippen LogP contribution in [0.4, 0.5) is 0 Å². The fourth-order valence-electron chi connectivity index (χ4n) is 3.41. The number of nitrogens with zero attached hydrogens (tertiary/aromatic N) is 3. The standard InChI is InChI=1S/C21H23N3O2S/c1-16-19(27-21(22-16)23-11-5-6-12-23)20(25)24-13-7-8-17(14-24)15-26-18-9-3-2-4-10-18/h2-6,9-12,17H,7-8,13-15H2,1H3. The molecule has 27 heavy (non-hydrogen) atoms. The van der Waals surface area contributed by atoms with Crippen LogP contribution in [0.1, 0.15) is 28.2 Å². The number of para-hydroxylation sites is 1. The van der Waals surface area contributed by atoms with E-state index < -0.39 is 0 Å². The van der Waals surface area contributed by atoms with Crippen LogP contribution in [0.25, 0.3) is 5.13 Å². The molecular weight excluding hydrogens is 358 g/mol. The van der Waals surface area contributed by atoms with Crippen LogP contribution in [0, 0.1) is 12.8 Å². The molecule has 3 aromatic rings. The Balaban J connectivity index is 1.41. The Bertz CT molecular complexity index is 890. The first-order chi connectivity index (χ1) is 13.2. The van der Waals surface area contributed by atoms with Gasteiger partial charge >= 0.3 is 0 Å². The lowest BCUT2D eigenvalue weighted by molar-refractivity contribution is 0.0637. The Morgan fingerprint density at radius 2 is 2.00 bits per heavy atom. The first kappa shape index (κ1) is 17.8. The van der Waals surface area contributed by atoms with E-state index >= 15 is 0 Å². The molecule has 0 spiro atoms. The predicted octanol–water partition coefficient (Wildman–Crippen LogP) is 4.17. The van der Waals surface area contributed by atoms with Gasteiger partial charge in [-0.05, 0) is 44.0 Å². The molecule has 4 rings (SSSR count). The summed E-state index contributed by atoms with van der Waals surface area (Å²) in [6.07, 6.45) is 6.00. The molecule has 0 radical (unpaired) electrons. The quantitative estimate of drug-likeness (QED) is 0.666. The minimum Gasteiger partial charge on any atom is -0.493 e. The fraction of sp³-hybridized carbons (Fsp3) is 0.333. The normalized spacial score (nSPS) is 17.1. The maximum absolute atomic E-state index is 13.1. The Morgan fingerprint density at radius 3 is 2.78 bits per heavy atom. The largest absolute Gasteiger partial charge is 0.493 e. The third kappa shape index (κ3) is 4.06. The van der Waals surface area contributed by atoms with Gasteiger partial charge in [0.15, 0.2) is 5.13 Å². The number of aromatic nitrogens is 2. The van der Waals surface area contributed by atoms with E-state index in [0.29, 0.717) is 12.5 Å². The fourth-order valence-corrected chi connectivity index (χ4v) is 4.42. The van der Waals surface area contributed by atoms with Crippen molar-refractivity contribution in [2.75, 3.05) is 19.7 Å². The minimum atomic E-state index is 0.0906. The average Bonchev–Trinajstić information content (AvgIpc) is 3.36. The Hall–Kier alpha value is -2.60. The molecule has 140 valence electrons. The van der Waals surface area contributed by atoms with E-state index in [2.05, 4.69) is 4.98 Å². The second-order valence-electron chi connectivity index (χ2n) is 6.88. The van der Waals surface area contributed by atoms with Gasteiger partial charge in [0.1, 0.15) is 10.6 Å². The van der Waals surface area contributed by atoms with Gasteiger partial charge in [-0.1, -0.05) is 29.5 Å². The molecule has 2 aromatic heterocycles. The number of carbonyl (C=O) groups excluding carboxylic acids is 1. The molecule has 3 heterocycles. The molecule has 1 atom stereocenters. The Morgan fingerprint density at radius 1 is 1.22 bits per heavy atom. The van der Waals surface area contributed by atoms with Gasteiger partial charge in [-0.15, -0.1) is 0 Å². The molecule has 6 heteroatoms. The van der Waals surface area contributed by atoms with Crippen molar-refractivity contribution in [2.24, 2.45) is 5.92 Å². The number of likely N-dealkylation sites (tertiary alicyclic amines) is 1. The first-order valence-electron chi connectivity index (χ1n) is 9.28. The summed E-state index contributed by atoms with van der Waals surface area (Å²) in [5.74, 6) is 1.34. The molecule has 0 bridgehead atoms. The molecule has 0 saturated carbocycles. The van der Waals surface area contributed by atoms with Crippen molar-refractivity contribution in [3.63, 3.8) is 0 Å². The van der Waals surface area contributed by atoms with E-state index in [1.165, 1.54) is 11.3 Å². The molecule has 1 fully saturated rings. The van der Waals surface area contributed by atoms with Crippen LogP contribution in [0.15, 0.2) is 54.9 Å². The summed E-state index contributed by atoms with van der Waals surface area (Å²) < 4.78 is 7.85. The highest BCUT2D eigenvalue weighted by atomic mass is 32.1. The summed E-state index contributed by atoms with van der Waals surface area (Å²) in [7, 11) is 0. The lowest BCUT2D eigenvalue weighted by Crippen LogP contribution is -2.41. The van der Waals surface area contributed by atoms with Crippen LogP contribution in [-0.4, -0.2) is 40.1 Å². The van der Waals surface area contributed by atoms with Crippen LogP contribution in [0.5, 0.6) is 5.75 Å². The average molecular weight is 382 g/mol. The van der Waals surface area contributed by atoms with Gasteiger partial charge in [-0.2, -0.15) is 0 Å². The number of benzene rings is 1. The Labute approximate surface area is 163 Å². The molecule has 1 amide bonds. The van der Waals surface area contributed by atoms with Gasteiger partial charge in [0.2, 0.25) is 0 Å². The highest BCUT2D eigenvalue weighted by molar-refractivity contribution is 7.16. The van der Waals surface area contributed by atoms with Crippen LogP contribution in [-0.2, 0) is 0 Å². The molecule has 0 aliphatic carbocycles. The third-order valence-electron chi connectivity index (χ3n) is 4.84. The highest BCUT2D eigenvalue weighted by Crippen LogP contribution is 2.26. The lowest BCUT2D eigenvalue weighted by Gasteiger charge is -2.32. The van der Waals surface area contributed by atoms with Crippen molar-refractivity contribution in [1.29, 1.82) is 0 Å². The molecule has 1 aliphatic heterocycles. The van der Waals surface area contributed by atoms with E-state index in [4.69, 9.17) is 4.74 Å². The van der Waals surface area contributed by atoms with E-state index in [0.717, 1.165) is 47.4 Å². The smallest absolute Gasteiger partial charge is 0.265 e. The van der Waals surface area contributed by atoms with E-state index in [1.807, 2.05) is 71.2 Å². The summed E-state index contributed by atoms with van der Waals surface area (Å²) >= 11 is 1.46. The second kappa shape index (κ2) is 7.96. The van der Waals surface area contributed by atoms with Gasteiger partial charge in [0.25, 0.3) is 5.91 Å². The number of piperidine rings is 1. The van der Waals surface area contributed by atoms with Gasteiger partial charge in [-0.25, -0.2) is 4.98 Å². The summed E-state index contributed by atoms with van der Waals surface area (Å²) in [6.45, 7) is 4.10. The van der Waals surface area contributed by atoms with E-state index in [1.54, 1.807) is 0 Å². The zero-order chi connectivity index (χ0) is 18.6. The van der Waals surface area contributed by atoms with Gasteiger partial charge in [-0.3, -0.25) is 4.79 Å². The number of thiazole rings is 1. The zero-order valence-corrected chi connectivity index (χ0v) is 16.2. The molecular formula is C21H23N3O2S. The van der Waals surface area contributed by atoms with Gasteiger partial charge < -0.3 is 14.2 Å².